The quantitative estimate of drug-likeness (QED) is 0.721. The van der Waals surface area contributed by atoms with Crippen LogP contribution in [0.5, 0.6) is 5.75 Å². The highest BCUT2D eigenvalue weighted by molar-refractivity contribution is 5.74. The summed E-state index contributed by atoms with van der Waals surface area (Å²) < 4.78 is 6.91. The first-order valence-corrected chi connectivity index (χ1v) is 9.60. The van der Waals surface area contributed by atoms with Crippen LogP contribution < -0.4 is 15.0 Å². The molecule has 0 aliphatic carbocycles. The van der Waals surface area contributed by atoms with Gasteiger partial charge in [-0.3, -0.25) is 0 Å². The molecule has 0 bridgehead atoms. The van der Waals surface area contributed by atoms with E-state index in [9.17, 15) is 4.79 Å². The van der Waals surface area contributed by atoms with Crippen LogP contribution in [0.25, 0.3) is 5.82 Å². The van der Waals surface area contributed by atoms with Crippen LogP contribution in [0.2, 0.25) is 0 Å². The summed E-state index contributed by atoms with van der Waals surface area (Å²) in [5.74, 6) is 1.57. The van der Waals surface area contributed by atoms with Crippen LogP contribution in [0.4, 0.5) is 10.5 Å². The van der Waals surface area contributed by atoms with Crippen LogP contribution in [0.3, 0.4) is 0 Å². The molecule has 0 saturated carbocycles. The van der Waals surface area contributed by atoms with Crippen molar-refractivity contribution < 1.29 is 9.53 Å². The van der Waals surface area contributed by atoms with E-state index in [2.05, 4.69) is 20.3 Å². The minimum atomic E-state index is -0.0605. The molecule has 1 saturated heterocycles. The molecule has 0 unspecified atom stereocenters. The second-order valence-corrected chi connectivity index (χ2v) is 6.77. The summed E-state index contributed by atoms with van der Waals surface area (Å²) in [6.07, 6.45) is 5.27. The van der Waals surface area contributed by atoms with Crippen LogP contribution in [0.15, 0.2) is 61.1 Å². The summed E-state index contributed by atoms with van der Waals surface area (Å²) in [6, 6.07) is 13.6. The summed E-state index contributed by atoms with van der Waals surface area (Å²) in [4.78, 5) is 21.1. The molecule has 3 heterocycles. The molecule has 1 aromatic carbocycles. The standard InChI is InChI=1S/C21H24N6O2/c1-29-19-7-5-18(6-8-19)25-12-14-26(15-13-25)21(28)23-16-17-4-2-9-22-20(17)27-11-3-10-24-27/h2-11H,12-16H2,1H3,(H,23,28). The predicted octanol–water partition coefficient (Wildman–Crippen LogP) is 2.31. The number of hydrogen-bond acceptors (Lipinski definition) is 5. The van der Waals surface area contributed by atoms with Gasteiger partial charge in [-0.15, -0.1) is 0 Å². The zero-order valence-corrected chi connectivity index (χ0v) is 16.4. The van der Waals surface area contributed by atoms with E-state index in [4.69, 9.17) is 4.74 Å². The number of carbonyl (C=O) groups excluding carboxylic acids is 1. The maximum Gasteiger partial charge on any atom is 0.317 e. The number of carbonyl (C=O) groups is 1. The normalized spacial score (nSPS) is 14.0. The fourth-order valence-electron chi connectivity index (χ4n) is 3.41. The number of piperazine rings is 1. The van der Waals surface area contributed by atoms with Gasteiger partial charge in [0.05, 0.1) is 7.11 Å². The number of anilines is 1. The Morgan fingerprint density at radius 2 is 1.86 bits per heavy atom. The molecular formula is C21H24N6O2. The maximum atomic E-state index is 12.6. The zero-order valence-electron chi connectivity index (χ0n) is 16.4. The highest BCUT2D eigenvalue weighted by atomic mass is 16.5. The lowest BCUT2D eigenvalue weighted by Crippen LogP contribution is -2.51. The van der Waals surface area contributed by atoms with Crippen molar-refractivity contribution in [2.75, 3.05) is 38.2 Å². The summed E-state index contributed by atoms with van der Waals surface area (Å²) in [5, 5.41) is 7.24. The molecule has 8 heteroatoms. The van der Waals surface area contributed by atoms with Gasteiger partial charge in [-0.05, 0) is 36.4 Å². The van der Waals surface area contributed by atoms with Crippen LogP contribution in [-0.2, 0) is 6.54 Å². The van der Waals surface area contributed by atoms with E-state index in [1.807, 2.05) is 53.6 Å². The second kappa shape index (κ2) is 8.64. The van der Waals surface area contributed by atoms with Gasteiger partial charge in [-0.2, -0.15) is 5.10 Å². The Balaban J connectivity index is 1.32. The lowest BCUT2D eigenvalue weighted by atomic mass is 10.2. The number of nitrogens with zero attached hydrogens (tertiary/aromatic N) is 5. The number of nitrogens with one attached hydrogen (secondary N) is 1. The summed E-state index contributed by atoms with van der Waals surface area (Å²) in [7, 11) is 1.66. The van der Waals surface area contributed by atoms with E-state index in [-0.39, 0.29) is 6.03 Å². The van der Waals surface area contributed by atoms with Crippen molar-refractivity contribution in [3.05, 3.63) is 66.6 Å². The lowest BCUT2D eigenvalue weighted by Gasteiger charge is -2.36. The number of ether oxygens (including phenoxy) is 1. The van der Waals surface area contributed by atoms with Crippen LogP contribution in [-0.4, -0.2) is 59.0 Å². The molecular weight excluding hydrogens is 368 g/mol. The number of amides is 2. The monoisotopic (exact) mass is 392 g/mol. The van der Waals surface area contributed by atoms with Gasteiger partial charge in [0, 0.05) is 62.6 Å². The SMILES string of the molecule is COc1ccc(N2CCN(C(=O)NCc3cccnc3-n3cccn3)CC2)cc1. The molecule has 2 amide bonds. The van der Waals surface area contributed by atoms with E-state index < -0.39 is 0 Å². The Bertz CT molecular complexity index is 934. The smallest absolute Gasteiger partial charge is 0.317 e. The topological polar surface area (TPSA) is 75.5 Å². The Kier molecular flexibility index (Phi) is 5.60. The van der Waals surface area contributed by atoms with Gasteiger partial charge < -0.3 is 19.9 Å². The average molecular weight is 392 g/mol. The van der Waals surface area contributed by atoms with Crippen molar-refractivity contribution in [3.63, 3.8) is 0 Å². The minimum Gasteiger partial charge on any atom is -0.497 e. The number of hydrogen-bond donors (Lipinski definition) is 1. The van der Waals surface area contributed by atoms with Gasteiger partial charge in [-0.1, -0.05) is 6.07 Å². The number of benzene rings is 1. The lowest BCUT2D eigenvalue weighted by molar-refractivity contribution is 0.194. The third-order valence-corrected chi connectivity index (χ3v) is 5.02. The van der Waals surface area contributed by atoms with Gasteiger partial charge in [0.1, 0.15) is 5.75 Å². The Morgan fingerprint density at radius 3 is 2.55 bits per heavy atom. The van der Waals surface area contributed by atoms with E-state index in [1.165, 1.54) is 0 Å². The molecule has 1 aliphatic heterocycles. The van der Waals surface area contributed by atoms with Gasteiger partial charge in [0.15, 0.2) is 5.82 Å². The zero-order chi connectivity index (χ0) is 20.1. The van der Waals surface area contributed by atoms with Crippen LogP contribution in [0, 0.1) is 0 Å². The largest absolute Gasteiger partial charge is 0.497 e. The highest BCUT2D eigenvalue weighted by Crippen LogP contribution is 2.20. The van der Waals surface area contributed by atoms with Crippen molar-refractivity contribution >= 4 is 11.7 Å². The van der Waals surface area contributed by atoms with Gasteiger partial charge >= 0.3 is 6.03 Å². The van der Waals surface area contributed by atoms with Crippen molar-refractivity contribution in [1.82, 2.24) is 25.0 Å². The average Bonchev–Trinajstić information content (AvgIpc) is 3.33. The molecule has 3 aromatic rings. The number of pyridine rings is 1. The maximum absolute atomic E-state index is 12.6. The van der Waals surface area contributed by atoms with Gasteiger partial charge in [-0.25, -0.2) is 14.5 Å². The third-order valence-electron chi connectivity index (χ3n) is 5.02. The van der Waals surface area contributed by atoms with E-state index in [1.54, 1.807) is 24.2 Å². The molecule has 1 fully saturated rings. The van der Waals surface area contributed by atoms with Crippen molar-refractivity contribution in [1.29, 1.82) is 0 Å². The predicted molar refractivity (Wildman–Crippen MR) is 110 cm³/mol. The molecule has 0 atom stereocenters. The Hall–Kier alpha value is -3.55. The Morgan fingerprint density at radius 1 is 1.07 bits per heavy atom. The third kappa shape index (κ3) is 4.31. The van der Waals surface area contributed by atoms with Crippen molar-refractivity contribution in [3.8, 4) is 11.6 Å². The fraction of sp³-hybridized carbons (Fsp3) is 0.286. The van der Waals surface area contributed by atoms with Crippen molar-refractivity contribution in [2.45, 2.75) is 6.54 Å². The number of rotatable bonds is 5. The molecule has 1 aliphatic rings. The molecule has 0 spiro atoms. The molecule has 2 aromatic heterocycles. The Labute approximate surface area is 169 Å². The first-order valence-electron chi connectivity index (χ1n) is 9.60. The van der Waals surface area contributed by atoms with E-state index in [0.717, 1.165) is 35.9 Å². The van der Waals surface area contributed by atoms with E-state index >= 15 is 0 Å². The molecule has 150 valence electrons. The summed E-state index contributed by atoms with van der Waals surface area (Å²) in [6.45, 7) is 3.35. The van der Waals surface area contributed by atoms with Crippen LogP contribution >= 0.6 is 0 Å². The summed E-state index contributed by atoms with van der Waals surface area (Å²) in [5.41, 5.74) is 2.06. The summed E-state index contributed by atoms with van der Waals surface area (Å²) >= 11 is 0. The number of methoxy groups -OCH3 is 1. The molecule has 1 N–H and O–H groups in total. The second-order valence-electron chi connectivity index (χ2n) is 6.77. The number of urea groups is 1. The van der Waals surface area contributed by atoms with Crippen molar-refractivity contribution in [2.24, 2.45) is 0 Å². The van der Waals surface area contributed by atoms with E-state index in [0.29, 0.717) is 19.6 Å². The van der Waals surface area contributed by atoms with Crippen LogP contribution in [0.1, 0.15) is 5.56 Å². The first kappa shape index (κ1) is 18.8. The number of aromatic nitrogens is 3. The van der Waals surface area contributed by atoms with Gasteiger partial charge in [0.2, 0.25) is 0 Å². The molecule has 29 heavy (non-hydrogen) atoms. The molecule has 8 nitrogen and oxygen atoms in total. The molecule has 0 radical (unpaired) electrons. The fourth-order valence-corrected chi connectivity index (χ4v) is 3.41. The first-order chi connectivity index (χ1) is 14.2. The highest BCUT2D eigenvalue weighted by Gasteiger charge is 2.21. The minimum absolute atomic E-state index is 0.0605. The van der Waals surface area contributed by atoms with Gasteiger partial charge in [0.25, 0.3) is 0 Å². The molecule has 4 rings (SSSR count).